The van der Waals surface area contributed by atoms with Crippen LogP contribution in [0.5, 0.6) is 0 Å². The van der Waals surface area contributed by atoms with Crippen molar-refractivity contribution in [2.75, 3.05) is 23.9 Å². The Bertz CT molecular complexity index is 774. The van der Waals surface area contributed by atoms with E-state index in [-0.39, 0.29) is 11.9 Å². The van der Waals surface area contributed by atoms with Crippen molar-refractivity contribution in [2.24, 2.45) is 0 Å². The molecule has 3 rings (SSSR count). The lowest BCUT2D eigenvalue weighted by Gasteiger charge is -2.29. The van der Waals surface area contributed by atoms with Gasteiger partial charge in [-0.2, -0.15) is 0 Å². The number of carbonyl (C=O) groups is 2. The van der Waals surface area contributed by atoms with Gasteiger partial charge in [-0.15, -0.1) is 0 Å². The van der Waals surface area contributed by atoms with Crippen molar-refractivity contribution < 1.29 is 14.3 Å². The SMILES string of the molecule is COC(=O)C(Nc1ccc2c(c1)CCCN2C(C)=O)c1ccccc1. The minimum absolute atomic E-state index is 0.0541. The van der Waals surface area contributed by atoms with E-state index in [0.717, 1.165) is 41.9 Å². The highest BCUT2D eigenvalue weighted by atomic mass is 16.5. The quantitative estimate of drug-likeness (QED) is 0.869. The number of fused-ring (bicyclic) bond motifs is 1. The monoisotopic (exact) mass is 338 g/mol. The lowest BCUT2D eigenvalue weighted by atomic mass is 10.00. The number of rotatable bonds is 4. The van der Waals surface area contributed by atoms with Gasteiger partial charge < -0.3 is 15.0 Å². The number of nitrogens with zero attached hydrogens (tertiary/aromatic N) is 1. The molecule has 130 valence electrons. The fourth-order valence-electron chi connectivity index (χ4n) is 3.22. The molecule has 1 aliphatic rings. The topological polar surface area (TPSA) is 58.6 Å². The Hall–Kier alpha value is -2.82. The maximum Gasteiger partial charge on any atom is 0.332 e. The minimum Gasteiger partial charge on any atom is -0.467 e. The number of aryl methyl sites for hydroxylation is 1. The van der Waals surface area contributed by atoms with Crippen molar-refractivity contribution in [1.82, 2.24) is 0 Å². The summed E-state index contributed by atoms with van der Waals surface area (Å²) in [6.45, 7) is 2.34. The molecular formula is C20H22N2O3. The molecule has 1 heterocycles. The molecule has 5 nitrogen and oxygen atoms in total. The molecule has 1 unspecified atom stereocenters. The molecule has 0 aromatic heterocycles. The maximum absolute atomic E-state index is 12.2. The third kappa shape index (κ3) is 3.65. The molecule has 2 aromatic carbocycles. The van der Waals surface area contributed by atoms with Gasteiger partial charge in [0.2, 0.25) is 5.91 Å². The average Bonchev–Trinajstić information content (AvgIpc) is 2.65. The number of hydrogen-bond acceptors (Lipinski definition) is 4. The number of amides is 1. The highest BCUT2D eigenvalue weighted by Gasteiger charge is 2.23. The van der Waals surface area contributed by atoms with Crippen LogP contribution in [0.3, 0.4) is 0 Å². The molecule has 0 aliphatic carbocycles. The number of esters is 1. The zero-order valence-electron chi connectivity index (χ0n) is 14.5. The molecule has 1 amide bonds. The standard InChI is InChI=1S/C20H22N2O3/c1-14(23)22-12-6-9-16-13-17(10-11-18(16)22)21-19(20(24)25-2)15-7-4-3-5-8-15/h3-5,7-8,10-11,13,19,21H,6,9,12H2,1-2H3. The molecule has 0 saturated heterocycles. The van der Waals surface area contributed by atoms with Crippen molar-refractivity contribution in [1.29, 1.82) is 0 Å². The molecule has 2 aromatic rings. The lowest BCUT2D eigenvalue weighted by molar-refractivity contribution is -0.141. The summed E-state index contributed by atoms with van der Waals surface area (Å²) in [6, 6.07) is 14.8. The molecule has 0 bridgehead atoms. The van der Waals surface area contributed by atoms with Crippen molar-refractivity contribution in [3.8, 4) is 0 Å². The lowest BCUT2D eigenvalue weighted by Crippen LogP contribution is -2.33. The predicted octanol–water partition coefficient (Wildman–Crippen LogP) is 3.31. The summed E-state index contributed by atoms with van der Waals surface area (Å²) >= 11 is 0. The van der Waals surface area contributed by atoms with E-state index in [1.54, 1.807) is 11.8 Å². The molecule has 1 aliphatic heterocycles. The van der Waals surface area contributed by atoms with Crippen LogP contribution in [-0.2, 0) is 20.7 Å². The summed E-state index contributed by atoms with van der Waals surface area (Å²) in [6.07, 6.45) is 1.86. The van der Waals surface area contributed by atoms with Crippen LogP contribution in [0.25, 0.3) is 0 Å². The second-order valence-electron chi connectivity index (χ2n) is 6.13. The van der Waals surface area contributed by atoms with Crippen molar-refractivity contribution >= 4 is 23.3 Å². The molecule has 5 heteroatoms. The summed E-state index contributed by atoms with van der Waals surface area (Å²) < 4.78 is 4.95. The second kappa shape index (κ2) is 7.38. The Morgan fingerprint density at radius 3 is 2.60 bits per heavy atom. The first kappa shape index (κ1) is 17.0. The summed E-state index contributed by atoms with van der Waals surface area (Å²) in [5, 5.41) is 3.26. The van der Waals surface area contributed by atoms with Gasteiger partial charge in [0, 0.05) is 24.8 Å². The van der Waals surface area contributed by atoms with Crippen LogP contribution in [0.15, 0.2) is 48.5 Å². The first-order valence-corrected chi connectivity index (χ1v) is 8.40. The van der Waals surface area contributed by atoms with Gasteiger partial charge in [0.25, 0.3) is 0 Å². The first-order valence-electron chi connectivity index (χ1n) is 8.40. The maximum atomic E-state index is 12.2. The fraction of sp³-hybridized carbons (Fsp3) is 0.300. The van der Waals surface area contributed by atoms with Crippen LogP contribution >= 0.6 is 0 Å². The number of benzene rings is 2. The first-order chi connectivity index (χ1) is 12.1. The van der Waals surface area contributed by atoms with Gasteiger partial charge in [-0.1, -0.05) is 30.3 Å². The average molecular weight is 338 g/mol. The third-order valence-corrected chi connectivity index (χ3v) is 4.46. The summed E-state index contributed by atoms with van der Waals surface area (Å²) in [5.74, 6) is -0.285. The summed E-state index contributed by atoms with van der Waals surface area (Å²) in [4.78, 5) is 25.8. The highest BCUT2D eigenvalue weighted by Crippen LogP contribution is 2.31. The molecule has 25 heavy (non-hydrogen) atoms. The Balaban J connectivity index is 1.88. The molecular weight excluding hydrogens is 316 g/mol. The fourth-order valence-corrected chi connectivity index (χ4v) is 3.22. The molecule has 0 spiro atoms. The van der Waals surface area contributed by atoms with Crippen molar-refractivity contribution in [3.63, 3.8) is 0 Å². The van der Waals surface area contributed by atoms with Gasteiger partial charge in [-0.05, 0) is 42.2 Å². The number of carbonyl (C=O) groups excluding carboxylic acids is 2. The zero-order chi connectivity index (χ0) is 17.8. The Morgan fingerprint density at radius 1 is 1.16 bits per heavy atom. The van der Waals surface area contributed by atoms with Gasteiger partial charge >= 0.3 is 5.97 Å². The van der Waals surface area contributed by atoms with Crippen LogP contribution in [0.4, 0.5) is 11.4 Å². The number of anilines is 2. The highest BCUT2D eigenvalue weighted by molar-refractivity contribution is 5.93. The van der Waals surface area contributed by atoms with E-state index < -0.39 is 6.04 Å². The Labute approximate surface area is 147 Å². The number of hydrogen-bond donors (Lipinski definition) is 1. The van der Waals surface area contributed by atoms with Crippen LogP contribution in [0.2, 0.25) is 0 Å². The van der Waals surface area contributed by atoms with E-state index in [0.29, 0.717) is 0 Å². The molecule has 0 fully saturated rings. The van der Waals surface area contributed by atoms with Crippen molar-refractivity contribution in [2.45, 2.75) is 25.8 Å². The van der Waals surface area contributed by atoms with Crippen LogP contribution < -0.4 is 10.2 Å². The van der Waals surface area contributed by atoms with E-state index in [1.165, 1.54) is 7.11 Å². The number of nitrogens with one attached hydrogen (secondary N) is 1. The predicted molar refractivity (Wildman–Crippen MR) is 97.6 cm³/mol. The van der Waals surface area contributed by atoms with Gasteiger partial charge in [0.15, 0.2) is 6.04 Å². The number of ether oxygens (including phenoxy) is 1. The van der Waals surface area contributed by atoms with E-state index >= 15 is 0 Å². The normalized spacial score (nSPS) is 14.4. The smallest absolute Gasteiger partial charge is 0.332 e. The Kier molecular flexibility index (Phi) is 5.03. The van der Waals surface area contributed by atoms with Gasteiger partial charge in [0.1, 0.15) is 0 Å². The Morgan fingerprint density at radius 2 is 1.92 bits per heavy atom. The van der Waals surface area contributed by atoms with Crippen LogP contribution in [0.1, 0.15) is 30.5 Å². The van der Waals surface area contributed by atoms with Gasteiger partial charge in [-0.3, -0.25) is 4.79 Å². The minimum atomic E-state index is -0.572. The van der Waals surface area contributed by atoms with Crippen molar-refractivity contribution in [3.05, 3.63) is 59.7 Å². The van der Waals surface area contributed by atoms with Gasteiger partial charge in [-0.25, -0.2) is 4.79 Å². The van der Waals surface area contributed by atoms with Crippen LogP contribution in [0, 0.1) is 0 Å². The molecule has 0 radical (unpaired) electrons. The van der Waals surface area contributed by atoms with E-state index in [9.17, 15) is 9.59 Å². The third-order valence-electron chi connectivity index (χ3n) is 4.46. The molecule has 1 atom stereocenters. The summed E-state index contributed by atoms with van der Waals surface area (Å²) in [5.41, 5.74) is 3.75. The molecule has 1 N–H and O–H groups in total. The number of methoxy groups -OCH3 is 1. The van der Waals surface area contributed by atoms with E-state index in [2.05, 4.69) is 5.32 Å². The second-order valence-corrected chi connectivity index (χ2v) is 6.13. The zero-order valence-corrected chi connectivity index (χ0v) is 14.5. The van der Waals surface area contributed by atoms with E-state index in [1.807, 2.05) is 48.5 Å². The summed E-state index contributed by atoms with van der Waals surface area (Å²) in [7, 11) is 1.39. The van der Waals surface area contributed by atoms with Gasteiger partial charge in [0.05, 0.1) is 7.11 Å². The van der Waals surface area contributed by atoms with E-state index in [4.69, 9.17) is 4.74 Å². The largest absolute Gasteiger partial charge is 0.467 e. The molecule has 0 saturated carbocycles. The van der Waals surface area contributed by atoms with Crippen LogP contribution in [-0.4, -0.2) is 25.5 Å².